The van der Waals surface area contributed by atoms with Gasteiger partial charge in [-0.25, -0.2) is 8.42 Å². The summed E-state index contributed by atoms with van der Waals surface area (Å²) in [5.74, 6) is -0.598. The fraction of sp³-hybridized carbons (Fsp3) is 0.636. The van der Waals surface area contributed by atoms with Gasteiger partial charge >= 0.3 is 0 Å². The number of hydrogen-bond acceptors (Lipinski definition) is 4. The number of carbonyl (C=O) groups is 2. The number of likely N-dealkylation sites (tertiary alicyclic amines) is 1. The van der Waals surface area contributed by atoms with Crippen LogP contribution in [0.25, 0.3) is 0 Å². The molecule has 1 N–H and O–H groups in total. The first-order chi connectivity index (χ1) is 13.8. The second-order valence-corrected chi connectivity index (χ2v) is 10.0. The summed E-state index contributed by atoms with van der Waals surface area (Å²) in [4.78, 5) is 26.8. The molecule has 1 aromatic carbocycles. The predicted octanol–water partition coefficient (Wildman–Crippen LogP) is 3.09. The van der Waals surface area contributed by atoms with Gasteiger partial charge in [-0.1, -0.05) is 43.9 Å². The molecule has 1 saturated heterocycles. The van der Waals surface area contributed by atoms with Gasteiger partial charge in [0.1, 0.15) is 0 Å². The third kappa shape index (κ3) is 7.46. The Morgan fingerprint density at radius 3 is 2.55 bits per heavy atom. The summed E-state index contributed by atoms with van der Waals surface area (Å²) in [5, 5.41) is 2.98. The molecule has 1 unspecified atom stereocenters. The van der Waals surface area contributed by atoms with Crippen LogP contribution in [0.5, 0.6) is 0 Å². The van der Waals surface area contributed by atoms with E-state index in [0.29, 0.717) is 19.6 Å². The van der Waals surface area contributed by atoms with E-state index in [1.165, 1.54) is 6.42 Å². The number of hydrogen-bond donors (Lipinski definition) is 1. The van der Waals surface area contributed by atoms with Gasteiger partial charge in [-0.05, 0) is 38.3 Å². The SMILES string of the molecule is CCCCCCNC(=O)C1CCCN(C(=O)CCS(=O)(=O)c2ccc(C)cc2)C1. The maximum Gasteiger partial charge on any atom is 0.224 e. The maximum absolute atomic E-state index is 12.6. The first-order valence-corrected chi connectivity index (χ1v) is 12.3. The van der Waals surface area contributed by atoms with Crippen LogP contribution in [-0.2, 0) is 19.4 Å². The second-order valence-electron chi connectivity index (χ2n) is 7.91. The van der Waals surface area contributed by atoms with Gasteiger partial charge < -0.3 is 10.2 Å². The highest BCUT2D eigenvalue weighted by Crippen LogP contribution is 2.19. The second kappa shape index (κ2) is 11.3. The van der Waals surface area contributed by atoms with Crippen LogP contribution in [0, 0.1) is 12.8 Å². The molecular weight excluding hydrogens is 388 g/mol. The van der Waals surface area contributed by atoms with Crippen molar-refractivity contribution >= 4 is 21.7 Å². The van der Waals surface area contributed by atoms with E-state index in [2.05, 4.69) is 12.2 Å². The minimum atomic E-state index is -3.49. The highest BCUT2D eigenvalue weighted by Gasteiger charge is 2.29. The molecule has 2 amide bonds. The maximum atomic E-state index is 12.6. The summed E-state index contributed by atoms with van der Waals surface area (Å²) in [6, 6.07) is 6.67. The lowest BCUT2D eigenvalue weighted by Crippen LogP contribution is -2.45. The molecule has 1 atom stereocenters. The van der Waals surface area contributed by atoms with Gasteiger partial charge in [0.25, 0.3) is 0 Å². The zero-order valence-corrected chi connectivity index (χ0v) is 18.5. The smallest absolute Gasteiger partial charge is 0.224 e. The van der Waals surface area contributed by atoms with Crippen LogP contribution < -0.4 is 5.32 Å². The number of nitrogens with one attached hydrogen (secondary N) is 1. The average molecular weight is 423 g/mol. The van der Waals surface area contributed by atoms with Gasteiger partial charge in [0, 0.05) is 26.1 Å². The molecule has 29 heavy (non-hydrogen) atoms. The Morgan fingerprint density at radius 1 is 1.14 bits per heavy atom. The molecule has 1 heterocycles. The first kappa shape index (κ1) is 23.4. The van der Waals surface area contributed by atoms with Gasteiger partial charge in [-0.2, -0.15) is 0 Å². The summed E-state index contributed by atoms with van der Waals surface area (Å²) in [7, 11) is -3.49. The van der Waals surface area contributed by atoms with Crippen LogP contribution in [0.15, 0.2) is 29.2 Å². The number of amides is 2. The van der Waals surface area contributed by atoms with E-state index in [1.807, 2.05) is 6.92 Å². The minimum absolute atomic E-state index is 0.00581. The van der Waals surface area contributed by atoms with Crippen LogP contribution in [0.2, 0.25) is 0 Å². The lowest BCUT2D eigenvalue weighted by Gasteiger charge is -2.32. The topological polar surface area (TPSA) is 83.6 Å². The number of aryl methyl sites for hydroxylation is 1. The quantitative estimate of drug-likeness (QED) is 0.587. The highest BCUT2D eigenvalue weighted by molar-refractivity contribution is 7.91. The number of piperidine rings is 1. The molecule has 0 aromatic heterocycles. The van der Waals surface area contributed by atoms with Crippen LogP contribution in [-0.4, -0.2) is 50.5 Å². The van der Waals surface area contributed by atoms with E-state index in [-0.39, 0.29) is 34.8 Å². The fourth-order valence-electron chi connectivity index (χ4n) is 3.57. The van der Waals surface area contributed by atoms with Crippen LogP contribution in [0.1, 0.15) is 57.4 Å². The van der Waals surface area contributed by atoms with Crippen molar-refractivity contribution in [2.24, 2.45) is 5.92 Å². The lowest BCUT2D eigenvalue weighted by molar-refractivity contribution is -0.135. The summed E-state index contributed by atoms with van der Waals surface area (Å²) in [6.45, 7) is 5.69. The molecule has 1 aliphatic heterocycles. The van der Waals surface area contributed by atoms with E-state index in [9.17, 15) is 18.0 Å². The number of sulfone groups is 1. The molecule has 0 spiro atoms. The molecule has 7 heteroatoms. The Hall–Kier alpha value is -1.89. The number of rotatable bonds is 10. The van der Waals surface area contributed by atoms with E-state index < -0.39 is 9.84 Å². The van der Waals surface area contributed by atoms with Crippen molar-refractivity contribution in [2.75, 3.05) is 25.4 Å². The Balaban J connectivity index is 1.81. The van der Waals surface area contributed by atoms with E-state index in [1.54, 1.807) is 29.2 Å². The normalized spacial score (nSPS) is 17.2. The third-order valence-electron chi connectivity index (χ3n) is 5.44. The summed E-state index contributed by atoms with van der Waals surface area (Å²) < 4.78 is 24.9. The molecule has 1 aliphatic rings. The van der Waals surface area contributed by atoms with Crippen LogP contribution in [0.4, 0.5) is 0 Å². The fourth-order valence-corrected chi connectivity index (χ4v) is 4.80. The zero-order valence-electron chi connectivity index (χ0n) is 17.7. The Bertz CT molecular complexity index is 775. The largest absolute Gasteiger partial charge is 0.356 e. The molecule has 1 fully saturated rings. The molecule has 0 saturated carbocycles. The van der Waals surface area contributed by atoms with E-state index >= 15 is 0 Å². The average Bonchev–Trinajstić information content (AvgIpc) is 2.72. The zero-order chi connectivity index (χ0) is 21.3. The highest BCUT2D eigenvalue weighted by atomic mass is 32.2. The number of carbonyl (C=O) groups excluding carboxylic acids is 2. The van der Waals surface area contributed by atoms with Gasteiger partial charge in [0.15, 0.2) is 9.84 Å². The predicted molar refractivity (Wildman–Crippen MR) is 114 cm³/mol. The summed E-state index contributed by atoms with van der Waals surface area (Å²) in [6.07, 6.45) is 5.91. The molecule has 2 rings (SSSR count). The Labute approximate surface area is 175 Å². The Morgan fingerprint density at radius 2 is 1.86 bits per heavy atom. The van der Waals surface area contributed by atoms with Gasteiger partial charge in [0.05, 0.1) is 16.6 Å². The van der Waals surface area contributed by atoms with Gasteiger partial charge in [-0.15, -0.1) is 0 Å². The third-order valence-corrected chi connectivity index (χ3v) is 7.17. The minimum Gasteiger partial charge on any atom is -0.356 e. The molecule has 162 valence electrons. The van der Waals surface area contributed by atoms with Crippen molar-refractivity contribution in [1.29, 1.82) is 0 Å². The molecule has 1 aromatic rings. The summed E-state index contributed by atoms with van der Waals surface area (Å²) in [5.41, 5.74) is 0.989. The number of nitrogens with zero attached hydrogens (tertiary/aromatic N) is 1. The Kier molecular flexibility index (Phi) is 9.14. The molecule has 0 radical (unpaired) electrons. The molecule has 6 nitrogen and oxygen atoms in total. The van der Waals surface area contributed by atoms with Crippen molar-refractivity contribution < 1.29 is 18.0 Å². The summed E-state index contributed by atoms with van der Waals surface area (Å²) >= 11 is 0. The van der Waals surface area contributed by atoms with Crippen LogP contribution in [0.3, 0.4) is 0 Å². The van der Waals surface area contributed by atoms with Gasteiger partial charge in [-0.3, -0.25) is 9.59 Å². The van der Waals surface area contributed by atoms with Crippen molar-refractivity contribution in [3.8, 4) is 0 Å². The van der Waals surface area contributed by atoms with Crippen LogP contribution >= 0.6 is 0 Å². The standard InChI is InChI=1S/C22H34N2O4S/c1-3-4-5-6-14-23-22(26)19-8-7-15-24(17-19)21(25)13-16-29(27,28)20-11-9-18(2)10-12-20/h9-12,19H,3-8,13-17H2,1-2H3,(H,23,26). The molecular formula is C22H34N2O4S. The van der Waals surface area contributed by atoms with Crippen molar-refractivity contribution in [3.63, 3.8) is 0 Å². The number of unbranched alkanes of at least 4 members (excludes halogenated alkanes) is 3. The van der Waals surface area contributed by atoms with Crippen molar-refractivity contribution in [3.05, 3.63) is 29.8 Å². The molecule has 0 bridgehead atoms. The lowest BCUT2D eigenvalue weighted by atomic mass is 9.97. The number of benzene rings is 1. The van der Waals surface area contributed by atoms with E-state index in [0.717, 1.165) is 37.7 Å². The van der Waals surface area contributed by atoms with Crippen molar-refractivity contribution in [1.82, 2.24) is 10.2 Å². The first-order valence-electron chi connectivity index (χ1n) is 10.7. The monoisotopic (exact) mass is 422 g/mol. The van der Waals surface area contributed by atoms with E-state index in [4.69, 9.17) is 0 Å². The van der Waals surface area contributed by atoms with Gasteiger partial charge in [0.2, 0.25) is 11.8 Å². The van der Waals surface area contributed by atoms with Crippen molar-refractivity contribution in [2.45, 2.75) is 63.7 Å². The molecule has 0 aliphatic carbocycles.